The van der Waals surface area contributed by atoms with Gasteiger partial charge in [0.2, 0.25) is 0 Å². The van der Waals surface area contributed by atoms with Crippen LogP contribution in [0.5, 0.6) is 5.75 Å². The number of nitrogens with one attached hydrogen (secondary N) is 1. The number of ether oxygens (including phenoxy) is 2. The number of hydrogen-bond acceptors (Lipinski definition) is 5. The molecular formula is C18H22ClN3O3. The number of hydrogen-bond donors (Lipinski definition) is 2. The molecule has 0 spiro atoms. The van der Waals surface area contributed by atoms with Gasteiger partial charge in [-0.3, -0.25) is 4.79 Å². The van der Waals surface area contributed by atoms with E-state index in [2.05, 4.69) is 10.2 Å². The summed E-state index contributed by atoms with van der Waals surface area (Å²) in [5.74, 6) is 0.296. The number of allylic oxidation sites excluding steroid dienone is 1. The van der Waals surface area contributed by atoms with E-state index in [4.69, 9.17) is 26.8 Å². The standard InChI is InChI=1S/C18H22ClN3O3/c1-24-9-2-6-22-7-3-12(4-8-22)21-18(23)14-11-15(19)16(20)13-5-10-25-17(13)14/h3-4,7,11H,2,5-6,8-10,20H2,1H3,(H,21,23). The summed E-state index contributed by atoms with van der Waals surface area (Å²) in [5.41, 5.74) is 8.46. The number of carbonyl (C=O) groups is 1. The van der Waals surface area contributed by atoms with Crippen molar-refractivity contribution in [2.24, 2.45) is 0 Å². The van der Waals surface area contributed by atoms with Crippen LogP contribution in [-0.4, -0.2) is 44.2 Å². The van der Waals surface area contributed by atoms with Crippen molar-refractivity contribution in [3.8, 4) is 5.75 Å². The van der Waals surface area contributed by atoms with Crippen molar-refractivity contribution in [3.63, 3.8) is 0 Å². The van der Waals surface area contributed by atoms with Gasteiger partial charge in [-0.2, -0.15) is 0 Å². The minimum absolute atomic E-state index is 0.246. The van der Waals surface area contributed by atoms with Crippen molar-refractivity contribution in [2.45, 2.75) is 12.8 Å². The number of rotatable bonds is 6. The van der Waals surface area contributed by atoms with Gasteiger partial charge in [0, 0.05) is 50.7 Å². The Kier molecular flexibility index (Phi) is 5.50. The van der Waals surface area contributed by atoms with E-state index < -0.39 is 0 Å². The number of nitrogen functional groups attached to an aromatic ring is 1. The topological polar surface area (TPSA) is 76.8 Å². The molecule has 0 radical (unpaired) electrons. The molecule has 0 atom stereocenters. The first kappa shape index (κ1) is 17.6. The summed E-state index contributed by atoms with van der Waals surface area (Å²) in [7, 11) is 1.70. The number of carbonyl (C=O) groups excluding carboxylic acids is 1. The van der Waals surface area contributed by atoms with Gasteiger partial charge in [-0.05, 0) is 24.6 Å². The SMILES string of the molecule is COCCCN1C=CC(NC(=O)c2cc(Cl)c(N)c3c2OCC3)=CC1. The molecule has 0 unspecified atom stereocenters. The average molecular weight is 364 g/mol. The second-order valence-electron chi connectivity index (χ2n) is 6.00. The largest absolute Gasteiger partial charge is 0.492 e. The van der Waals surface area contributed by atoms with Gasteiger partial charge in [0.25, 0.3) is 5.91 Å². The quantitative estimate of drug-likeness (QED) is 0.599. The Labute approximate surface area is 152 Å². The van der Waals surface area contributed by atoms with E-state index in [1.807, 2.05) is 18.4 Å². The maximum absolute atomic E-state index is 12.6. The second-order valence-corrected chi connectivity index (χ2v) is 6.40. The predicted octanol–water partition coefficient (Wildman–Crippen LogP) is 2.34. The van der Waals surface area contributed by atoms with Crippen LogP contribution in [-0.2, 0) is 11.2 Å². The number of nitrogens with zero attached hydrogens (tertiary/aromatic N) is 1. The fraction of sp³-hybridized carbons (Fsp3) is 0.389. The Hall–Kier alpha value is -2.18. The Morgan fingerprint density at radius 3 is 3.08 bits per heavy atom. The van der Waals surface area contributed by atoms with Crippen molar-refractivity contribution in [2.75, 3.05) is 39.1 Å². The third kappa shape index (κ3) is 3.91. The van der Waals surface area contributed by atoms with Crippen molar-refractivity contribution in [1.29, 1.82) is 0 Å². The number of benzene rings is 1. The third-order valence-corrected chi connectivity index (χ3v) is 4.59. The van der Waals surface area contributed by atoms with Crippen LogP contribution in [0, 0.1) is 0 Å². The summed E-state index contributed by atoms with van der Waals surface area (Å²) in [5, 5.41) is 3.29. The molecule has 7 heteroatoms. The molecule has 2 heterocycles. The molecule has 0 aromatic heterocycles. The Balaban J connectivity index is 1.66. The highest BCUT2D eigenvalue weighted by atomic mass is 35.5. The molecule has 134 valence electrons. The van der Waals surface area contributed by atoms with E-state index in [1.165, 1.54) is 0 Å². The molecule has 0 saturated carbocycles. The van der Waals surface area contributed by atoms with Crippen LogP contribution >= 0.6 is 11.6 Å². The van der Waals surface area contributed by atoms with E-state index in [-0.39, 0.29) is 5.91 Å². The van der Waals surface area contributed by atoms with E-state index in [1.54, 1.807) is 13.2 Å². The van der Waals surface area contributed by atoms with Gasteiger partial charge in [-0.25, -0.2) is 0 Å². The van der Waals surface area contributed by atoms with Crippen molar-refractivity contribution in [3.05, 3.63) is 46.3 Å². The summed E-state index contributed by atoms with van der Waals surface area (Å²) in [6.07, 6.45) is 7.46. The molecule has 0 saturated heterocycles. The summed E-state index contributed by atoms with van der Waals surface area (Å²) < 4.78 is 10.6. The lowest BCUT2D eigenvalue weighted by Gasteiger charge is -2.22. The van der Waals surface area contributed by atoms with Crippen molar-refractivity contribution in [1.82, 2.24) is 10.2 Å². The molecule has 25 heavy (non-hydrogen) atoms. The fourth-order valence-electron chi connectivity index (χ4n) is 2.94. The van der Waals surface area contributed by atoms with Gasteiger partial charge in [-0.15, -0.1) is 0 Å². The number of anilines is 1. The number of amides is 1. The smallest absolute Gasteiger partial charge is 0.259 e. The van der Waals surface area contributed by atoms with Gasteiger partial charge in [0.15, 0.2) is 0 Å². The summed E-state index contributed by atoms with van der Waals surface area (Å²) in [6, 6.07) is 1.57. The molecule has 6 nitrogen and oxygen atoms in total. The minimum Gasteiger partial charge on any atom is -0.492 e. The van der Waals surface area contributed by atoms with Crippen LogP contribution in [0.15, 0.2) is 30.1 Å². The number of halogens is 1. The zero-order valence-electron chi connectivity index (χ0n) is 14.2. The fourth-order valence-corrected chi connectivity index (χ4v) is 3.16. The van der Waals surface area contributed by atoms with Gasteiger partial charge < -0.3 is 25.4 Å². The monoisotopic (exact) mass is 363 g/mol. The Bertz CT molecular complexity index is 731. The molecule has 2 aliphatic heterocycles. The molecule has 2 aliphatic rings. The molecule has 1 aromatic rings. The molecule has 3 N–H and O–H groups in total. The van der Waals surface area contributed by atoms with Crippen molar-refractivity contribution < 1.29 is 14.3 Å². The maximum atomic E-state index is 12.6. The minimum atomic E-state index is -0.246. The molecule has 1 aromatic carbocycles. The summed E-state index contributed by atoms with van der Waals surface area (Å²) in [4.78, 5) is 14.8. The lowest BCUT2D eigenvalue weighted by atomic mass is 10.0. The van der Waals surface area contributed by atoms with Crippen LogP contribution in [0.2, 0.25) is 5.02 Å². The van der Waals surface area contributed by atoms with Crippen LogP contribution in [0.3, 0.4) is 0 Å². The maximum Gasteiger partial charge on any atom is 0.259 e. The summed E-state index contributed by atoms with van der Waals surface area (Å²) in [6.45, 7) is 2.91. The molecule has 3 rings (SSSR count). The molecule has 0 fully saturated rings. The average Bonchev–Trinajstić information content (AvgIpc) is 3.10. The molecule has 0 aliphatic carbocycles. The van der Waals surface area contributed by atoms with Gasteiger partial charge in [0.05, 0.1) is 22.9 Å². The van der Waals surface area contributed by atoms with E-state index in [9.17, 15) is 4.79 Å². The molecule has 0 bridgehead atoms. The highest BCUT2D eigenvalue weighted by Crippen LogP contribution is 2.38. The van der Waals surface area contributed by atoms with Crippen LogP contribution in [0.25, 0.3) is 0 Å². The first-order valence-electron chi connectivity index (χ1n) is 8.26. The van der Waals surface area contributed by atoms with Gasteiger partial charge >= 0.3 is 0 Å². The normalized spacial score (nSPS) is 15.6. The zero-order chi connectivity index (χ0) is 17.8. The second kappa shape index (κ2) is 7.80. The zero-order valence-corrected chi connectivity index (χ0v) is 14.9. The van der Waals surface area contributed by atoms with E-state index in [0.717, 1.165) is 37.4 Å². The Morgan fingerprint density at radius 1 is 1.52 bits per heavy atom. The lowest BCUT2D eigenvalue weighted by Crippen LogP contribution is -2.28. The van der Waals surface area contributed by atoms with Crippen molar-refractivity contribution >= 4 is 23.2 Å². The number of fused-ring (bicyclic) bond motifs is 1. The number of methoxy groups -OCH3 is 1. The predicted molar refractivity (Wildman–Crippen MR) is 97.8 cm³/mol. The summed E-state index contributed by atoms with van der Waals surface area (Å²) >= 11 is 6.16. The highest BCUT2D eigenvalue weighted by Gasteiger charge is 2.25. The van der Waals surface area contributed by atoms with Crippen LogP contribution < -0.4 is 15.8 Å². The van der Waals surface area contributed by atoms with E-state index in [0.29, 0.717) is 35.1 Å². The lowest BCUT2D eigenvalue weighted by molar-refractivity contribution is 0.0963. The third-order valence-electron chi connectivity index (χ3n) is 4.28. The van der Waals surface area contributed by atoms with E-state index >= 15 is 0 Å². The molecule has 1 amide bonds. The van der Waals surface area contributed by atoms with Gasteiger partial charge in [0.1, 0.15) is 5.75 Å². The highest BCUT2D eigenvalue weighted by molar-refractivity contribution is 6.33. The first-order valence-corrected chi connectivity index (χ1v) is 8.64. The van der Waals surface area contributed by atoms with Gasteiger partial charge in [-0.1, -0.05) is 11.6 Å². The number of nitrogens with two attached hydrogens (primary N) is 1. The Morgan fingerprint density at radius 2 is 2.36 bits per heavy atom. The van der Waals surface area contributed by atoms with Crippen LogP contribution in [0.4, 0.5) is 5.69 Å². The van der Waals surface area contributed by atoms with Crippen LogP contribution in [0.1, 0.15) is 22.3 Å². The molecular weight excluding hydrogens is 342 g/mol. The first-order chi connectivity index (χ1) is 12.1.